The molecule has 21 heavy (non-hydrogen) atoms. The van der Waals surface area contributed by atoms with Crippen molar-refractivity contribution in [3.05, 3.63) is 59.7 Å². The van der Waals surface area contributed by atoms with Crippen LogP contribution in [0.2, 0.25) is 0 Å². The molecule has 0 bridgehead atoms. The fourth-order valence-electron chi connectivity index (χ4n) is 1.67. The predicted octanol–water partition coefficient (Wildman–Crippen LogP) is 3.59. The lowest BCUT2D eigenvalue weighted by atomic mass is 10.2. The lowest BCUT2D eigenvalue weighted by Crippen LogP contribution is -2.03. The van der Waals surface area contributed by atoms with Gasteiger partial charge in [-0.3, -0.25) is 9.59 Å². The van der Waals surface area contributed by atoms with Crippen molar-refractivity contribution in [3.63, 3.8) is 0 Å². The molecule has 0 saturated heterocycles. The Bertz CT molecular complexity index is 730. The van der Waals surface area contributed by atoms with E-state index in [1.165, 1.54) is 48.5 Å². The molecule has 2 aromatic carbocycles. The Morgan fingerprint density at radius 1 is 0.667 bits per heavy atom. The third-order valence-electron chi connectivity index (χ3n) is 2.78. The molecule has 2 rings (SSSR count). The molecule has 0 amide bonds. The van der Waals surface area contributed by atoms with E-state index in [1.54, 1.807) is 0 Å². The van der Waals surface area contributed by atoms with Crippen LogP contribution in [0.5, 0.6) is 0 Å². The third kappa shape index (κ3) is 3.48. The number of benzene rings is 2. The number of carbonyl (C=O) groups is 2. The largest absolute Gasteiger partial charge is 0.281 e. The normalized spacial score (nSPS) is 11.1. The molecule has 0 spiro atoms. The van der Waals surface area contributed by atoms with Crippen LogP contribution in [-0.4, -0.2) is 17.8 Å². The Balaban J connectivity index is 2.41. The number of hydrogen-bond acceptors (Lipinski definition) is 4. The van der Waals surface area contributed by atoms with Crippen molar-refractivity contribution in [2.45, 2.75) is 9.79 Å². The maximum absolute atomic E-state index is 12.4. The molecule has 108 valence electrons. The van der Waals surface area contributed by atoms with E-state index in [1.807, 2.05) is 0 Å². The van der Waals surface area contributed by atoms with E-state index in [9.17, 15) is 18.0 Å². The predicted molar refractivity (Wildman–Crippen MR) is 84.9 cm³/mol. The number of sulfone groups is 1. The van der Waals surface area contributed by atoms with Gasteiger partial charge < -0.3 is 0 Å². The van der Waals surface area contributed by atoms with Gasteiger partial charge in [-0.2, -0.15) is 0 Å². The van der Waals surface area contributed by atoms with Crippen molar-refractivity contribution in [1.29, 1.82) is 0 Å². The summed E-state index contributed by atoms with van der Waals surface area (Å²) < 4.78 is 24.2. The van der Waals surface area contributed by atoms with Crippen LogP contribution in [0.3, 0.4) is 0 Å². The van der Waals surface area contributed by atoms with Crippen molar-refractivity contribution >= 4 is 51.1 Å². The summed E-state index contributed by atoms with van der Waals surface area (Å²) in [6, 6.07) is 11.2. The van der Waals surface area contributed by atoms with Crippen molar-refractivity contribution in [2.24, 2.45) is 0 Å². The molecular formula is C14H8Br2O4S. The summed E-state index contributed by atoms with van der Waals surface area (Å²) in [5, 5.41) is 0. The minimum atomic E-state index is -3.68. The summed E-state index contributed by atoms with van der Waals surface area (Å²) in [5.74, 6) is 0. The van der Waals surface area contributed by atoms with Crippen LogP contribution in [0.4, 0.5) is 0 Å². The fourth-order valence-corrected chi connectivity index (χ4v) is 3.46. The van der Waals surface area contributed by atoms with Crippen molar-refractivity contribution in [1.82, 2.24) is 0 Å². The van der Waals surface area contributed by atoms with E-state index in [0.29, 0.717) is 11.1 Å². The molecule has 0 unspecified atom stereocenters. The van der Waals surface area contributed by atoms with Gasteiger partial charge in [0.1, 0.15) is 0 Å². The first-order valence-electron chi connectivity index (χ1n) is 5.67. The van der Waals surface area contributed by atoms with Crippen LogP contribution in [0, 0.1) is 0 Å². The van der Waals surface area contributed by atoms with E-state index >= 15 is 0 Å². The number of rotatable bonds is 4. The molecule has 0 fully saturated rings. The highest BCUT2D eigenvalue weighted by atomic mass is 79.9. The quantitative estimate of drug-likeness (QED) is 0.693. The van der Waals surface area contributed by atoms with E-state index in [4.69, 9.17) is 0 Å². The van der Waals surface area contributed by atoms with E-state index in [-0.39, 0.29) is 19.2 Å². The number of halogens is 2. The summed E-state index contributed by atoms with van der Waals surface area (Å²) in [6.07, 6.45) is 0. The molecule has 0 aliphatic carbocycles. The summed E-state index contributed by atoms with van der Waals surface area (Å²) in [6.45, 7) is 0. The Morgan fingerprint density at radius 2 is 0.952 bits per heavy atom. The second-order valence-electron chi connectivity index (χ2n) is 4.10. The van der Waals surface area contributed by atoms with Gasteiger partial charge in [0, 0.05) is 11.1 Å². The van der Waals surface area contributed by atoms with Gasteiger partial charge in [0.25, 0.3) is 0 Å². The summed E-state index contributed by atoms with van der Waals surface area (Å²) in [5.41, 5.74) is 0.739. The topological polar surface area (TPSA) is 68.3 Å². The maximum atomic E-state index is 12.4. The Labute approximate surface area is 138 Å². The molecule has 0 aliphatic rings. The van der Waals surface area contributed by atoms with Gasteiger partial charge in [0.2, 0.25) is 19.2 Å². The van der Waals surface area contributed by atoms with Crippen molar-refractivity contribution in [2.75, 3.05) is 0 Å². The average molecular weight is 432 g/mol. The molecule has 0 heterocycles. The zero-order chi connectivity index (χ0) is 15.6. The molecule has 0 aliphatic heterocycles. The maximum Gasteiger partial charge on any atom is 0.228 e. The van der Waals surface area contributed by atoms with Gasteiger partial charge in [-0.05, 0) is 80.4 Å². The van der Waals surface area contributed by atoms with Crippen LogP contribution < -0.4 is 0 Å². The monoisotopic (exact) mass is 430 g/mol. The lowest BCUT2D eigenvalue weighted by molar-refractivity contribution is 0.108. The highest BCUT2D eigenvalue weighted by molar-refractivity contribution is 9.18. The molecule has 2 aromatic rings. The minimum Gasteiger partial charge on any atom is -0.281 e. The molecular weight excluding hydrogens is 424 g/mol. The standard InChI is InChI=1S/C14H8Br2O4S/c15-13(17)9-1-5-11(6-2-9)21(19,20)12-7-3-10(4-8-12)14(16)18/h1-8H. The Kier molecular flexibility index (Phi) is 4.75. The first-order chi connectivity index (χ1) is 9.82. The number of hydrogen-bond donors (Lipinski definition) is 0. The van der Waals surface area contributed by atoms with Crippen LogP contribution in [-0.2, 0) is 9.84 Å². The second-order valence-corrected chi connectivity index (χ2v) is 7.49. The van der Waals surface area contributed by atoms with E-state index in [2.05, 4.69) is 31.9 Å². The van der Waals surface area contributed by atoms with Gasteiger partial charge in [-0.25, -0.2) is 8.42 Å². The second kappa shape index (κ2) is 6.21. The van der Waals surface area contributed by atoms with E-state index < -0.39 is 9.84 Å². The van der Waals surface area contributed by atoms with Gasteiger partial charge in [-0.15, -0.1) is 0 Å². The fraction of sp³-hybridized carbons (Fsp3) is 0. The smallest absolute Gasteiger partial charge is 0.228 e. The Morgan fingerprint density at radius 3 is 1.19 bits per heavy atom. The van der Waals surface area contributed by atoms with Gasteiger partial charge in [0.05, 0.1) is 9.79 Å². The highest BCUT2D eigenvalue weighted by Crippen LogP contribution is 2.22. The first kappa shape index (κ1) is 16.1. The van der Waals surface area contributed by atoms with Gasteiger partial charge in [-0.1, -0.05) is 0 Å². The minimum absolute atomic E-state index is 0.0814. The molecule has 0 aromatic heterocycles. The summed E-state index contributed by atoms with van der Waals surface area (Å²) >= 11 is 5.60. The van der Waals surface area contributed by atoms with E-state index in [0.717, 1.165) is 0 Å². The molecule has 0 radical (unpaired) electrons. The average Bonchev–Trinajstić information content (AvgIpc) is 2.47. The Hall–Kier alpha value is -1.31. The SMILES string of the molecule is O=C(Br)c1ccc(S(=O)(=O)c2ccc(C(=O)Br)cc2)cc1. The molecule has 4 nitrogen and oxygen atoms in total. The van der Waals surface area contributed by atoms with Crippen LogP contribution in [0.1, 0.15) is 20.7 Å². The molecule has 0 saturated carbocycles. The molecule has 7 heteroatoms. The zero-order valence-corrected chi connectivity index (χ0v) is 14.4. The van der Waals surface area contributed by atoms with Crippen LogP contribution in [0.15, 0.2) is 58.3 Å². The number of carbonyl (C=O) groups excluding carboxylic acids is 2. The summed E-state index contributed by atoms with van der Waals surface area (Å²) in [4.78, 5) is 22.4. The molecule has 0 N–H and O–H groups in total. The highest BCUT2D eigenvalue weighted by Gasteiger charge is 2.18. The molecule has 0 atom stereocenters. The zero-order valence-electron chi connectivity index (χ0n) is 10.4. The lowest BCUT2D eigenvalue weighted by Gasteiger charge is -2.05. The van der Waals surface area contributed by atoms with Crippen molar-refractivity contribution in [3.8, 4) is 0 Å². The van der Waals surface area contributed by atoms with Crippen molar-refractivity contribution < 1.29 is 18.0 Å². The van der Waals surface area contributed by atoms with Crippen LogP contribution in [0.25, 0.3) is 0 Å². The first-order valence-corrected chi connectivity index (χ1v) is 8.74. The third-order valence-corrected chi connectivity index (χ3v) is 5.48. The van der Waals surface area contributed by atoms with Gasteiger partial charge in [0.15, 0.2) is 0 Å². The van der Waals surface area contributed by atoms with Crippen LogP contribution >= 0.6 is 31.9 Å². The van der Waals surface area contributed by atoms with Gasteiger partial charge >= 0.3 is 0 Å². The summed E-state index contributed by atoms with van der Waals surface area (Å²) in [7, 11) is -3.68.